The van der Waals surface area contributed by atoms with Gasteiger partial charge >= 0.3 is 0 Å². The summed E-state index contributed by atoms with van der Waals surface area (Å²) in [5.74, 6) is -0.326. The standard InChI is InChI=1S/C10H7BrN4O2/c11-10-6(3-12)7(2-8(13)14-10)15-4-5(16)1-9(15)17/h2H,1,4H2,(H2,13,14). The van der Waals surface area contributed by atoms with Crippen LogP contribution in [0.4, 0.5) is 11.5 Å². The van der Waals surface area contributed by atoms with Crippen molar-refractivity contribution in [2.45, 2.75) is 6.42 Å². The molecule has 2 rings (SSSR count). The maximum Gasteiger partial charge on any atom is 0.234 e. The molecular weight excluding hydrogens is 288 g/mol. The number of hydrogen-bond acceptors (Lipinski definition) is 5. The molecule has 1 amide bonds. The van der Waals surface area contributed by atoms with Gasteiger partial charge in [-0.1, -0.05) is 0 Å². The van der Waals surface area contributed by atoms with Crippen LogP contribution in [0.3, 0.4) is 0 Å². The van der Waals surface area contributed by atoms with Crippen LogP contribution in [0.15, 0.2) is 10.7 Å². The Bertz CT molecular complexity index is 564. The fourth-order valence-electron chi connectivity index (χ4n) is 1.64. The normalized spacial score (nSPS) is 15.2. The molecule has 0 spiro atoms. The summed E-state index contributed by atoms with van der Waals surface area (Å²) >= 11 is 3.10. The number of anilines is 2. The molecule has 0 aliphatic carbocycles. The van der Waals surface area contributed by atoms with Crippen molar-refractivity contribution in [1.82, 2.24) is 4.98 Å². The number of carbonyl (C=O) groups is 2. The van der Waals surface area contributed by atoms with Crippen molar-refractivity contribution in [3.05, 3.63) is 16.2 Å². The molecule has 0 saturated carbocycles. The van der Waals surface area contributed by atoms with Crippen LogP contribution in [0.1, 0.15) is 12.0 Å². The van der Waals surface area contributed by atoms with Crippen molar-refractivity contribution in [3.63, 3.8) is 0 Å². The summed E-state index contributed by atoms with van der Waals surface area (Å²) in [5, 5.41) is 9.02. The van der Waals surface area contributed by atoms with Gasteiger partial charge in [0.15, 0.2) is 5.78 Å². The lowest BCUT2D eigenvalue weighted by Crippen LogP contribution is -2.26. The van der Waals surface area contributed by atoms with E-state index in [4.69, 9.17) is 11.0 Å². The fourth-order valence-corrected chi connectivity index (χ4v) is 2.14. The van der Waals surface area contributed by atoms with Crippen LogP contribution in [0.5, 0.6) is 0 Å². The van der Waals surface area contributed by atoms with Crippen molar-refractivity contribution >= 4 is 39.1 Å². The predicted molar refractivity (Wildman–Crippen MR) is 63.0 cm³/mol. The number of hydrogen-bond donors (Lipinski definition) is 1. The van der Waals surface area contributed by atoms with Crippen molar-refractivity contribution in [3.8, 4) is 6.07 Å². The second-order valence-corrected chi connectivity index (χ2v) is 4.29. The quantitative estimate of drug-likeness (QED) is 0.604. The van der Waals surface area contributed by atoms with Gasteiger partial charge in [0, 0.05) is 6.07 Å². The van der Waals surface area contributed by atoms with E-state index in [1.54, 1.807) is 0 Å². The van der Waals surface area contributed by atoms with Gasteiger partial charge in [-0.25, -0.2) is 4.98 Å². The summed E-state index contributed by atoms with van der Waals surface area (Å²) in [4.78, 5) is 27.9. The number of halogens is 1. The molecule has 0 aromatic carbocycles. The average molecular weight is 295 g/mol. The Morgan fingerprint density at radius 3 is 2.76 bits per heavy atom. The molecule has 0 radical (unpaired) electrons. The van der Waals surface area contributed by atoms with Crippen LogP contribution in [0, 0.1) is 11.3 Å². The zero-order valence-electron chi connectivity index (χ0n) is 8.61. The number of nitrogens with zero attached hydrogens (tertiary/aromatic N) is 3. The van der Waals surface area contributed by atoms with Gasteiger partial charge in [-0.2, -0.15) is 5.26 Å². The lowest BCUT2D eigenvalue weighted by atomic mass is 10.2. The molecular formula is C10H7BrN4O2. The topological polar surface area (TPSA) is 100 Å². The summed E-state index contributed by atoms with van der Waals surface area (Å²) in [6.45, 7) is -0.0244. The molecule has 0 atom stereocenters. The number of nitrogen functional groups attached to an aromatic ring is 1. The third kappa shape index (κ3) is 1.99. The van der Waals surface area contributed by atoms with Gasteiger partial charge in [-0.05, 0) is 15.9 Å². The molecule has 1 aromatic heterocycles. The van der Waals surface area contributed by atoms with E-state index in [-0.39, 0.29) is 40.6 Å². The Labute approximate surface area is 105 Å². The van der Waals surface area contributed by atoms with Crippen molar-refractivity contribution in [1.29, 1.82) is 5.26 Å². The van der Waals surface area contributed by atoms with Crippen LogP contribution in [0.25, 0.3) is 0 Å². The minimum atomic E-state index is -0.330. The zero-order valence-corrected chi connectivity index (χ0v) is 10.2. The summed E-state index contributed by atoms with van der Waals surface area (Å²) in [6.07, 6.45) is -0.134. The monoisotopic (exact) mass is 294 g/mol. The van der Waals surface area contributed by atoms with Crippen molar-refractivity contribution in [2.24, 2.45) is 0 Å². The van der Waals surface area contributed by atoms with E-state index < -0.39 is 0 Å². The lowest BCUT2D eigenvalue weighted by Gasteiger charge is -2.17. The highest BCUT2D eigenvalue weighted by molar-refractivity contribution is 9.10. The van der Waals surface area contributed by atoms with E-state index in [9.17, 15) is 9.59 Å². The molecule has 2 N–H and O–H groups in total. The molecule has 17 heavy (non-hydrogen) atoms. The highest BCUT2D eigenvalue weighted by Gasteiger charge is 2.31. The largest absolute Gasteiger partial charge is 0.384 e. The van der Waals surface area contributed by atoms with Gasteiger partial charge < -0.3 is 10.6 Å². The fraction of sp³-hybridized carbons (Fsp3) is 0.200. The number of carbonyl (C=O) groups excluding carboxylic acids is 2. The molecule has 0 unspecified atom stereocenters. The van der Waals surface area contributed by atoms with E-state index in [0.717, 1.165) is 0 Å². The number of rotatable bonds is 1. The second-order valence-electron chi connectivity index (χ2n) is 3.54. The Balaban J connectivity index is 2.56. The number of nitriles is 1. The number of pyridine rings is 1. The summed E-state index contributed by atoms with van der Waals surface area (Å²) in [7, 11) is 0. The molecule has 1 fully saturated rings. The molecule has 1 aliphatic heterocycles. The van der Waals surface area contributed by atoms with Gasteiger partial charge in [0.05, 0.1) is 18.7 Å². The first-order valence-corrected chi connectivity index (χ1v) is 5.50. The number of aromatic nitrogens is 1. The van der Waals surface area contributed by atoms with E-state index >= 15 is 0 Å². The van der Waals surface area contributed by atoms with Crippen molar-refractivity contribution < 1.29 is 9.59 Å². The number of amides is 1. The third-order valence-electron chi connectivity index (χ3n) is 2.36. The highest BCUT2D eigenvalue weighted by Crippen LogP contribution is 2.30. The van der Waals surface area contributed by atoms with E-state index in [1.165, 1.54) is 11.0 Å². The van der Waals surface area contributed by atoms with Crippen LogP contribution in [-0.2, 0) is 9.59 Å². The summed E-state index contributed by atoms with van der Waals surface area (Å²) < 4.78 is 0.266. The highest BCUT2D eigenvalue weighted by atomic mass is 79.9. The number of ketones is 1. The molecule has 1 aromatic rings. The first kappa shape index (κ1) is 11.5. The van der Waals surface area contributed by atoms with Gasteiger partial charge in [0.2, 0.25) is 5.91 Å². The molecule has 0 bridgehead atoms. The molecule has 6 nitrogen and oxygen atoms in total. The summed E-state index contributed by atoms with van der Waals surface area (Å²) in [5.41, 5.74) is 6.08. The molecule has 2 heterocycles. The minimum absolute atomic E-state index is 0.0244. The van der Waals surface area contributed by atoms with E-state index in [0.29, 0.717) is 5.69 Å². The smallest absolute Gasteiger partial charge is 0.234 e. The first-order chi connectivity index (χ1) is 8.02. The molecule has 7 heteroatoms. The van der Waals surface area contributed by atoms with Crippen molar-refractivity contribution in [2.75, 3.05) is 17.2 Å². The maximum absolute atomic E-state index is 11.6. The van der Waals surface area contributed by atoms with Gasteiger partial charge in [-0.15, -0.1) is 0 Å². The predicted octanol–water partition coefficient (Wildman–Crippen LogP) is 0.604. The minimum Gasteiger partial charge on any atom is -0.384 e. The second kappa shape index (κ2) is 4.14. The maximum atomic E-state index is 11.6. The molecule has 1 aliphatic rings. The molecule has 86 valence electrons. The molecule has 1 saturated heterocycles. The Hall–Kier alpha value is -1.94. The third-order valence-corrected chi connectivity index (χ3v) is 2.93. The van der Waals surface area contributed by atoms with Crippen LogP contribution < -0.4 is 10.6 Å². The Morgan fingerprint density at radius 1 is 1.53 bits per heavy atom. The van der Waals surface area contributed by atoms with E-state index in [1.807, 2.05) is 6.07 Å². The Kier molecular flexibility index (Phi) is 2.81. The van der Waals surface area contributed by atoms with Gasteiger partial charge in [0.25, 0.3) is 0 Å². The van der Waals surface area contributed by atoms with Crippen LogP contribution in [-0.4, -0.2) is 23.2 Å². The number of nitrogens with two attached hydrogens (primary N) is 1. The van der Waals surface area contributed by atoms with Crippen LogP contribution >= 0.6 is 15.9 Å². The first-order valence-electron chi connectivity index (χ1n) is 4.71. The van der Waals surface area contributed by atoms with Gasteiger partial charge in [-0.3, -0.25) is 9.59 Å². The zero-order chi connectivity index (χ0) is 12.6. The van der Waals surface area contributed by atoms with Crippen LogP contribution in [0.2, 0.25) is 0 Å². The van der Waals surface area contributed by atoms with E-state index in [2.05, 4.69) is 20.9 Å². The van der Waals surface area contributed by atoms with Gasteiger partial charge in [0.1, 0.15) is 22.1 Å². The SMILES string of the molecule is N#Cc1c(N2CC(=O)CC2=O)cc(N)nc1Br. The summed E-state index contributed by atoms with van der Waals surface area (Å²) in [6, 6.07) is 3.35. The lowest BCUT2D eigenvalue weighted by molar-refractivity contribution is -0.121. The Morgan fingerprint density at radius 2 is 2.24 bits per heavy atom. The number of Topliss-reactive ketones (excluding diaryl/α,β-unsaturated/α-hetero) is 1. The average Bonchev–Trinajstić information content (AvgIpc) is 2.56.